The third-order valence-corrected chi connectivity index (χ3v) is 5.01. The van der Waals surface area contributed by atoms with Gasteiger partial charge in [-0.3, -0.25) is 0 Å². The summed E-state index contributed by atoms with van der Waals surface area (Å²) in [6, 6.07) is 7.50. The van der Waals surface area contributed by atoms with Gasteiger partial charge in [0.05, 0.1) is 6.61 Å². The topological polar surface area (TPSA) is 21.3 Å². The maximum Gasteiger partial charge on any atom is 0.122 e. The summed E-state index contributed by atoms with van der Waals surface area (Å²) in [6.07, 6.45) is 7.64. The Morgan fingerprint density at radius 2 is 2.32 bits per heavy atom. The summed E-state index contributed by atoms with van der Waals surface area (Å²) in [7, 11) is 2.09. The molecular formula is C17H25NO. The van der Waals surface area contributed by atoms with Gasteiger partial charge in [0.25, 0.3) is 0 Å². The second kappa shape index (κ2) is 5.16. The number of ether oxygens (including phenoxy) is 1. The standard InChI is InChI=1S/C17H25NO/c1-17(9-6-15(12-17)18-2)8-5-13-3-4-16-14(11-13)7-10-19-16/h3-4,11,15,18H,5-10,12H2,1-2H3. The molecule has 2 aliphatic rings. The molecule has 3 rings (SSSR count). The Hall–Kier alpha value is -1.02. The van der Waals surface area contributed by atoms with Gasteiger partial charge in [0.1, 0.15) is 5.75 Å². The van der Waals surface area contributed by atoms with E-state index in [1.165, 1.54) is 43.2 Å². The highest BCUT2D eigenvalue weighted by molar-refractivity contribution is 5.39. The average molecular weight is 259 g/mol. The predicted octanol–water partition coefficient (Wildman–Crippen LogP) is 3.33. The molecule has 1 saturated carbocycles. The molecule has 0 radical (unpaired) electrons. The van der Waals surface area contributed by atoms with Gasteiger partial charge < -0.3 is 10.1 Å². The number of rotatable bonds is 4. The van der Waals surface area contributed by atoms with Crippen molar-refractivity contribution in [3.8, 4) is 5.75 Å². The van der Waals surface area contributed by atoms with Crippen LogP contribution in [-0.2, 0) is 12.8 Å². The van der Waals surface area contributed by atoms with Crippen LogP contribution >= 0.6 is 0 Å². The molecule has 2 atom stereocenters. The van der Waals surface area contributed by atoms with E-state index >= 15 is 0 Å². The van der Waals surface area contributed by atoms with E-state index in [0.717, 1.165) is 24.8 Å². The van der Waals surface area contributed by atoms with Gasteiger partial charge in [0, 0.05) is 12.5 Å². The zero-order chi connectivity index (χ0) is 13.3. The Labute approximate surface area is 116 Å². The Bertz CT molecular complexity index is 457. The largest absolute Gasteiger partial charge is 0.493 e. The number of hydrogen-bond acceptors (Lipinski definition) is 2. The van der Waals surface area contributed by atoms with E-state index in [4.69, 9.17) is 4.74 Å². The summed E-state index contributed by atoms with van der Waals surface area (Å²) in [4.78, 5) is 0. The first-order valence-corrected chi connectivity index (χ1v) is 7.60. The molecule has 0 spiro atoms. The van der Waals surface area contributed by atoms with Gasteiger partial charge in [0.15, 0.2) is 0 Å². The van der Waals surface area contributed by atoms with E-state index in [1.54, 1.807) is 0 Å². The van der Waals surface area contributed by atoms with Crippen LogP contribution in [0.25, 0.3) is 0 Å². The fourth-order valence-corrected chi connectivity index (χ4v) is 3.64. The van der Waals surface area contributed by atoms with Gasteiger partial charge >= 0.3 is 0 Å². The molecule has 0 aromatic heterocycles. The van der Waals surface area contributed by atoms with E-state index in [1.807, 2.05) is 0 Å². The van der Waals surface area contributed by atoms with Crippen LogP contribution in [0.5, 0.6) is 5.75 Å². The Balaban J connectivity index is 1.60. The Morgan fingerprint density at radius 1 is 1.42 bits per heavy atom. The third kappa shape index (κ3) is 2.79. The molecule has 0 amide bonds. The van der Waals surface area contributed by atoms with Crippen molar-refractivity contribution in [1.29, 1.82) is 0 Å². The molecule has 1 aromatic rings. The van der Waals surface area contributed by atoms with Crippen molar-refractivity contribution in [2.24, 2.45) is 5.41 Å². The number of nitrogens with one attached hydrogen (secondary N) is 1. The number of hydrogen-bond donors (Lipinski definition) is 1. The van der Waals surface area contributed by atoms with Crippen molar-refractivity contribution in [2.45, 2.75) is 51.5 Å². The van der Waals surface area contributed by atoms with Gasteiger partial charge in [0.2, 0.25) is 0 Å². The highest BCUT2D eigenvalue weighted by atomic mass is 16.5. The van der Waals surface area contributed by atoms with Crippen LogP contribution < -0.4 is 10.1 Å². The second-order valence-corrected chi connectivity index (χ2v) is 6.58. The molecule has 2 nitrogen and oxygen atoms in total. The summed E-state index contributed by atoms with van der Waals surface area (Å²) in [5, 5.41) is 3.43. The molecule has 1 aromatic carbocycles. The first-order chi connectivity index (χ1) is 9.18. The summed E-state index contributed by atoms with van der Waals surface area (Å²) in [6.45, 7) is 3.32. The summed E-state index contributed by atoms with van der Waals surface area (Å²) in [5.41, 5.74) is 3.42. The van der Waals surface area contributed by atoms with Crippen LogP contribution in [0.15, 0.2) is 18.2 Å². The lowest BCUT2D eigenvalue weighted by Crippen LogP contribution is -2.24. The first-order valence-electron chi connectivity index (χ1n) is 7.60. The zero-order valence-electron chi connectivity index (χ0n) is 12.2. The first kappa shape index (κ1) is 13.0. The molecular weight excluding hydrogens is 234 g/mol. The minimum absolute atomic E-state index is 0.531. The lowest BCUT2D eigenvalue weighted by atomic mass is 9.82. The quantitative estimate of drug-likeness (QED) is 0.895. The van der Waals surface area contributed by atoms with Gasteiger partial charge in [-0.1, -0.05) is 19.1 Å². The zero-order valence-corrected chi connectivity index (χ0v) is 12.2. The van der Waals surface area contributed by atoms with Gasteiger partial charge in [-0.25, -0.2) is 0 Å². The van der Waals surface area contributed by atoms with E-state index in [0.29, 0.717) is 5.41 Å². The van der Waals surface area contributed by atoms with Crippen molar-refractivity contribution in [3.63, 3.8) is 0 Å². The molecule has 1 heterocycles. The molecule has 1 aliphatic heterocycles. The Morgan fingerprint density at radius 3 is 3.11 bits per heavy atom. The molecule has 1 N–H and O–H groups in total. The second-order valence-electron chi connectivity index (χ2n) is 6.58. The van der Waals surface area contributed by atoms with Crippen LogP contribution in [0, 0.1) is 5.41 Å². The molecule has 104 valence electrons. The number of fused-ring (bicyclic) bond motifs is 1. The average Bonchev–Trinajstić information content (AvgIpc) is 3.02. The summed E-state index contributed by atoms with van der Waals surface area (Å²) < 4.78 is 5.57. The monoisotopic (exact) mass is 259 g/mol. The fraction of sp³-hybridized carbons (Fsp3) is 0.647. The van der Waals surface area contributed by atoms with E-state index < -0.39 is 0 Å². The van der Waals surface area contributed by atoms with Crippen LogP contribution in [0.2, 0.25) is 0 Å². The van der Waals surface area contributed by atoms with E-state index in [9.17, 15) is 0 Å². The van der Waals surface area contributed by atoms with Gasteiger partial charge in [-0.2, -0.15) is 0 Å². The molecule has 19 heavy (non-hydrogen) atoms. The predicted molar refractivity (Wildman–Crippen MR) is 78.8 cm³/mol. The normalized spacial score (nSPS) is 29.3. The fourth-order valence-electron chi connectivity index (χ4n) is 3.64. The van der Waals surface area contributed by atoms with Crippen molar-refractivity contribution >= 4 is 0 Å². The molecule has 2 heteroatoms. The molecule has 1 fully saturated rings. The van der Waals surface area contributed by atoms with Crippen molar-refractivity contribution < 1.29 is 4.74 Å². The smallest absolute Gasteiger partial charge is 0.122 e. The lowest BCUT2D eigenvalue weighted by Gasteiger charge is -2.24. The lowest BCUT2D eigenvalue weighted by molar-refractivity contribution is 0.300. The number of benzene rings is 1. The minimum atomic E-state index is 0.531. The van der Waals surface area contributed by atoms with Crippen LogP contribution in [-0.4, -0.2) is 19.7 Å². The number of aryl methyl sites for hydroxylation is 1. The van der Waals surface area contributed by atoms with E-state index in [2.05, 4.69) is 37.5 Å². The minimum Gasteiger partial charge on any atom is -0.493 e. The van der Waals surface area contributed by atoms with Crippen LogP contribution in [0.1, 0.15) is 43.7 Å². The molecule has 0 bridgehead atoms. The SMILES string of the molecule is CNC1CCC(C)(CCc2ccc3c(c2)CCO3)C1. The van der Waals surface area contributed by atoms with Crippen LogP contribution in [0.3, 0.4) is 0 Å². The van der Waals surface area contributed by atoms with Crippen molar-refractivity contribution in [1.82, 2.24) is 5.32 Å². The van der Waals surface area contributed by atoms with Gasteiger partial charge in [-0.15, -0.1) is 0 Å². The molecule has 0 saturated heterocycles. The molecule has 1 aliphatic carbocycles. The van der Waals surface area contributed by atoms with E-state index in [-0.39, 0.29) is 0 Å². The summed E-state index contributed by atoms with van der Waals surface area (Å²) >= 11 is 0. The molecule has 2 unspecified atom stereocenters. The van der Waals surface area contributed by atoms with Crippen molar-refractivity contribution in [3.05, 3.63) is 29.3 Å². The van der Waals surface area contributed by atoms with Crippen molar-refractivity contribution in [2.75, 3.05) is 13.7 Å². The summed E-state index contributed by atoms with van der Waals surface area (Å²) in [5.74, 6) is 1.10. The van der Waals surface area contributed by atoms with Crippen LogP contribution in [0.4, 0.5) is 0 Å². The third-order valence-electron chi connectivity index (χ3n) is 5.01. The Kier molecular flexibility index (Phi) is 3.53. The maximum absolute atomic E-state index is 5.57. The maximum atomic E-state index is 5.57. The highest BCUT2D eigenvalue weighted by Crippen LogP contribution is 2.41. The highest BCUT2D eigenvalue weighted by Gasteiger charge is 2.33. The van der Waals surface area contributed by atoms with Gasteiger partial charge in [-0.05, 0) is 61.8 Å².